The van der Waals surface area contributed by atoms with E-state index in [-0.39, 0.29) is 0 Å². The Balaban J connectivity index is 3.17. The van der Waals surface area contributed by atoms with Crippen molar-refractivity contribution in [3.63, 3.8) is 0 Å². The summed E-state index contributed by atoms with van der Waals surface area (Å²) in [6.45, 7) is 0. The molecule has 0 heterocycles. The van der Waals surface area contributed by atoms with Crippen molar-refractivity contribution in [2.24, 2.45) is 0 Å². The van der Waals surface area contributed by atoms with Gasteiger partial charge in [0, 0.05) is 8.59 Å². The van der Waals surface area contributed by atoms with E-state index in [1.807, 2.05) is 6.07 Å². The van der Waals surface area contributed by atoms with Crippen molar-refractivity contribution in [1.29, 1.82) is 0 Å². The molecule has 1 rings (SSSR count). The molecular formula is C6H3Cl2I. The van der Waals surface area contributed by atoms with Gasteiger partial charge in [0.2, 0.25) is 0 Å². The highest BCUT2D eigenvalue weighted by molar-refractivity contribution is 14.1. The van der Waals surface area contributed by atoms with E-state index < -0.39 is 0 Å². The largest absolute Gasteiger partial charge is 0.0843 e. The molecule has 1 aromatic rings. The van der Waals surface area contributed by atoms with Crippen molar-refractivity contribution in [2.75, 3.05) is 0 Å². The number of hydrogen-bond donors (Lipinski definition) is 0. The second-order valence-electron chi connectivity index (χ2n) is 1.56. The van der Waals surface area contributed by atoms with Crippen LogP contribution in [0.1, 0.15) is 0 Å². The Morgan fingerprint density at radius 2 is 1.89 bits per heavy atom. The van der Waals surface area contributed by atoms with Gasteiger partial charge >= 0.3 is 0 Å². The predicted molar refractivity (Wildman–Crippen MR) is 49.2 cm³/mol. The summed E-state index contributed by atoms with van der Waals surface area (Å²) in [5.74, 6) is 0. The Bertz CT molecular complexity index is 222. The van der Waals surface area contributed by atoms with Crippen LogP contribution < -0.4 is 0 Å². The molecule has 0 bridgehead atoms. The van der Waals surface area contributed by atoms with Gasteiger partial charge in [0.1, 0.15) is 0 Å². The van der Waals surface area contributed by atoms with Crippen LogP contribution in [0.25, 0.3) is 0 Å². The average molecular weight is 273 g/mol. The Labute approximate surface area is 77.3 Å². The predicted octanol–water partition coefficient (Wildman–Crippen LogP) is 3.60. The summed E-state index contributed by atoms with van der Waals surface area (Å²) in [6.07, 6.45) is 0. The zero-order valence-electron chi connectivity index (χ0n) is 4.37. The molecule has 0 aliphatic rings. The third-order valence-electron chi connectivity index (χ3n) is 0.882. The van der Waals surface area contributed by atoms with Crippen LogP contribution in [-0.4, -0.2) is 0 Å². The Hall–Kier alpha value is 0.530. The molecule has 48 valence electrons. The molecule has 0 fully saturated rings. The lowest BCUT2D eigenvalue weighted by atomic mass is 10.4. The molecule has 0 aliphatic carbocycles. The summed E-state index contributed by atoms with van der Waals surface area (Å²) >= 11 is 13.5. The summed E-state index contributed by atoms with van der Waals surface area (Å²) < 4.78 is 0.988. The van der Waals surface area contributed by atoms with E-state index in [2.05, 4.69) is 22.6 Å². The quantitative estimate of drug-likeness (QED) is 0.500. The van der Waals surface area contributed by atoms with E-state index in [9.17, 15) is 0 Å². The van der Waals surface area contributed by atoms with Crippen LogP contribution in [0.4, 0.5) is 0 Å². The van der Waals surface area contributed by atoms with Crippen LogP contribution in [0, 0.1) is 3.57 Å². The fourth-order valence-electron chi connectivity index (χ4n) is 0.470. The molecule has 0 saturated heterocycles. The summed E-state index contributed by atoms with van der Waals surface area (Å²) in [4.78, 5) is 0. The summed E-state index contributed by atoms with van der Waals surface area (Å²) in [5, 5.41) is 1.48. The fourth-order valence-corrected chi connectivity index (χ4v) is 1.46. The number of rotatable bonds is 0. The SMILES string of the molecule is Clc1ccc(Cl)c(I)c1. The third kappa shape index (κ3) is 1.99. The van der Waals surface area contributed by atoms with Crippen LogP contribution in [0.5, 0.6) is 0 Å². The minimum atomic E-state index is 0.726. The van der Waals surface area contributed by atoms with E-state index in [4.69, 9.17) is 23.2 Å². The maximum Gasteiger partial charge on any atom is 0.0540 e. The highest BCUT2D eigenvalue weighted by Gasteiger charge is 1.94. The van der Waals surface area contributed by atoms with Gasteiger partial charge in [-0.05, 0) is 40.8 Å². The lowest BCUT2D eigenvalue weighted by Crippen LogP contribution is -1.71. The van der Waals surface area contributed by atoms with E-state index in [0.29, 0.717) is 0 Å². The maximum absolute atomic E-state index is 5.71. The van der Waals surface area contributed by atoms with Crippen molar-refractivity contribution in [2.45, 2.75) is 0 Å². The Kier molecular flexibility index (Phi) is 2.61. The molecule has 0 aromatic heterocycles. The number of hydrogen-bond acceptors (Lipinski definition) is 0. The Morgan fingerprint density at radius 3 is 2.33 bits per heavy atom. The zero-order valence-corrected chi connectivity index (χ0v) is 8.04. The van der Waals surface area contributed by atoms with Crippen molar-refractivity contribution in [3.8, 4) is 0 Å². The molecular weight excluding hydrogens is 270 g/mol. The van der Waals surface area contributed by atoms with Gasteiger partial charge in [-0.25, -0.2) is 0 Å². The molecule has 0 N–H and O–H groups in total. The first kappa shape index (κ1) is 7.63. The summed E-state index contributed by atoms with van der Waals surface area (Å²) in [5.41, 5.74) is 0. The minimum absolute atomic E-state index is 0.726. The van der Waals surface area contributed by atoms with E-state index in [0.717, 1.165) is 13.6 Å². The first-order valence-electron chi connectivity index (χ1n) is 2.30. The van der Waals surface area contributed by atoms with Crippen molar-refractivity contribution in [1.82, 2.24) is 0 Å². The van der Waals surface area contributed by atoms with Crippen LogP contribution in [0.3, 0.4) is 0 Å². The molecule has 9 heavy (non-hydrogen) atoms. The van der Waals surface area contributed by atoms with Crippen molar-refractivity contribution < 1.29 is 0 Å². The van der Waals surface area contributed by atoms with Gasteiger partial charge in [-0.1, -0.05) is 23.2 Å². The molecule has 0 radical (unpaired) electrons. The van der Waals surface area contributed by atoms with Crippen molar-refractivity contribution in [3.05, 3.63) is 31.8 Å². The van der Waals surface area contributed by atoms with Gasteiger partial charge in [0.15, 0.2) is 0 Å². The topological polar surface area (TPSA) is 0 Å². The highest BCUT2D eigenvalue weighted by Crippen LogP contribution is 2.21. The van der Waals surface area contributed by atoms with E-state index in [1.54, 1.807) is 12.1 Å². The van der Waals surface area contributed by atoms with Crippen LogP contribution in [-0.2, 0) is 0 Å². The second-order valence-corrected chi connectivity index (χ2v) is 3.56. The smallest absolute Gasteiger partial charge is 0.0540 e. The molecule has 0 unspecified atom stereocenters. The maximum atomic E-state index is 5.71. The lowest BCUT2D eigenvalue weighted by molar-refractivity contribution is 1.64. The van der Waals surface area contributed by atoms with E-state index in [1.165, 1.54) is 0 Å². The summed E-state index contributed by atoms with van der Waals surface area (Å²) in [6, 6.07) is 5.38. The monoisotopic (exact) mass is 272 g/mol. The highest BCUT2D eigenvalue weighted by atomic mass is 127. The first-order valence-corrected chi connectivity index (χ1v) is 4.14. The van der Waals surface area contributed by atoms with Crippen LogP contribution in [0.2, 0.25) is 10.0 Å². The van der Waals surface area contributed by atoms with Gasteiger partial charge in [-0.15, -0.1) is 0 Å². The first-order chi connectivity index (χ1) is 4.20. The molecule has 1 aromatic carbocycles. The van der Waals surface area contributed by atoms with Gasteiger partial charge < -0.3 is 0 Å². The minimum Gasteiger partial charge on any atom is -0.0843 e. The molecule has 0 aliphatic heterocycles. The van der Waals surface area contributed by atoms with Crippen LogP contribution in [0.15, 0.2) is 18.2 Å². The summed E-state index contributed by atoms with van der Waals surface area (Å²) in [7, 11) is 0. The lowest BCUT2D eigenvalue weighted by Gasteiger charge is -1.93. The standard InChI is InChI=1S/C6H3Cl2I/c7-4-1-2-5(8)6(9)3-4/h1-3H. The van der Waals surface area contributed by atoms with Gasteiger partial charge in [-0.3, -0.25) is 0 Å². The van der Waals surface area contributed by atoms with E-state index >= 15 is 0 Å². The normalized spacial score (nSPS) is 9.67. The van der Waals surface area contributed by atoms with Gasteiger partial charge in [-0.2, -0.15) is 0 Å². The average Bonchev–Trinajstić information content (AvgIpc) is 1.80. The molecule has 0 amide bonds. The molecule has 0 nitrogen and oxygen atoms in total. The van der Waals surface area contributed by atoms with Crippen molar-refractivity contribution >= 4 is 45.8 Å². The van der Waals surface area contributed by atoms with Crippen LogP contribution >= 0.6 is 45.8 Å². The second kappa shape index (κ2) is 3.08. The molecule has 3 heteroatoms. The molecule has 0 saturated carbocycles. The molecule has 0 spiro atoms. The molecule has 0 atom stereocenters. The number of benzene rings is 1. The van der Waals surface area contributed by atoms with Gasteiger partial charge in [0.25, 0.3) is 0 Å². The number of halogens is 3. The zero-order chi connectivity index (χ0) is 6.85. The Morgan fingerprint density at radius 1 is 1.22 bits per heavy atom. The fraction of sp³-hybridized carbons (Fsp3) is 0. The van der Waals surface area contributed by atoms with Gasteiger partial charge in [0.05, 0.1) is 5.02 Å². The third-order valence-corrected chi connectivity index (χ3v) is 2.66.